The molecule has 0 aromatic heterocycles. The van der Waals surface area contributed by atoms with Crippen molar-refractivity contribution in [2.24, 2.45) is 0 Å². The largest absolute Gasteiger partial charge is 0.478 e. The molecule has 0 aliphatic rings. The van der Waals surface area contributed by atoms with Crippen molar-refractivity contribution in [3.63, 3.8) is 0 Å². The number of hydrogen-bond donors (Lipinski definition) is 2. The first kappa shape index (κ1) is 15.5. The lowest BCUT2D eigenvalue weighted by atomic mass is 10.1. The van der Waals surface area contributed by atoms with Crippen LogP contribution in [0.4, 0.5) is 32.0 Å². The number of hydrogen-bond acceptors (Lipinski definition) is 3. The summed E-state index contributed by atoms with van der Waals surface area (Å²) in [6.45, 7) is 0. The van der Waals surface area contributed by atoms with Crippen molar-refractivity contribution in [1.29, 1.82) is 0 Å². The van der Waals surface area contributed by atoms with Crippen LogP contribution in [-0.4, -0.2) is 16.6 Å². The third kappa shape index (κ3) is 4.54. The number of carbonyl (C=O) groups is 1. The minimum absolute atomic E-state index is 0.308. The van der Waals surface area contributed by atoms with Crippen LogP contribution in [0.2, 0.25) is 0 Å². The number of halogens is 6. The fourth-order valence-corrected chi connectivity index (χ4v) is 1.50. The van der Waals surface area contributed by atoms with Crippen LogP contribution >= 0.6 is 11.9 Å². The standard InChI is InChI=1S/C9H5F6NO2S/c10-8(11,12)4-1-2-5(7(17)18)6(3-4)16-19-9(13,14)15/h1-3,16H,(H,17,18). The van der Waals surface area contributed by atoms with E-state index >= 15 is 0 Å². The van der Waals surface area contributed by atoms with E-state index in [9.17, 15) is 31.1 Å². The molecule has 0 amide bonds. The number of nitrogens with one attached hydrogen (secondary N) is 1. The minimum Gasteiger partial charge on any atom is -0.478 e. The van der Waals surface area contributed by atoms with E-state index in [4.69, 9.17) is 5.11 Å². The summed E-state index contributed by atoms with van der Waals surface area (Å²) in [4.78, 5) is 10.7. The van der Waals surface area contributed by atoms with Gasteiger partial charge < -0.3 is 9.83 Å². The molecule has 0 radical (unpaired) electrons. The highest BCUT2D eigenvalue weighted by atomic mass is 32.2. The molecule has 0 unspecified atom stereocenters. The van der Waals surface area contributed by atoms with Crippen LogP contribution in [-0.2, 0) is 6.18 Å². The van der Waals surface area contributed by atoms with E-state index in [0.717, 1.165) is 0 Å². The predicted octanol–water partition coefficient (Wildman–Crippen LogP) is 3.98. The van der Waals surface area contributed by atoms with Crippen molar-refractivity contribution < 1.29 is 36.2 Å². The summed E-state index contributed by atoms with van der Waals surface area (Å²) in [5, 5.41) is 8.68. The highest BCUT2D eigenvalue weighted by Gasteiger charge is 2.33. The Bertz CT molecular complexity index is 485. The third-order valence-electron chi connectivity index (χ3n) is 1.85. The number of anilines is 1. The van der Waals surface area contributed by atoms with Gasteiger partial charge in [0.05, 0.1) is 28.8 Å². The van der Waals surface area contributed by atoms with Crippen molar-refractivity contribution in [1.82, 2.24) is 0 Å². The fraction of sp³-hybridized carbons (Fsp3) is 0.222. The van der Waals surface area contributed by atoms with Crippen LogP contribution in [0.3, 0.4) is 0 Å². The fourth-order valence-electron chi connectivity index (χ4n) is 1.10. The second-order valence-corrected chi connectivity index (χ2v) is 4.08. The van der Waals surface area contributed by atoms with Crippen molar-refractivity contribution in [2.45, 2.75) is 11.7 Å². The van der Waals surface area contributed by atoms with Crippen molar-refractivity contribution in [2.75, 3.05) is 4.72 Å². The third-order valence-corrected chi connectivity index (χ3v) is 2.41. The first-order chi connectivity index (χ1) is 8.50. The summed E-state index contributed by atoms with van der Waals surface area (Å²) in [5.41, 5.74) is -7.47. The zero-order valence-electron chi connectivity index (χ0n) is 8.76. The summed E-state index contributed by atoms with van der Waals surface area (Å²) < 4.78 is 74.5. The molecule has 0 bridgehead atoms. The molecule has 0 saturated heterocycles. The van der Waals surface area contributed by atoms with Gasteiger partial charge in [-0.1, -0.05) is 0 Å². The molecule has 0 aliphatic heterocycles. The Kier molecular flexibility index (Phi) is 4.23. The summed E-state index contributed by atoms with van der Waals surface area (Å²) in [7, 11) is 0. The Labute approximate surface area is 106 Å². The Balaban J connectivity index is 3.13. The molecule has 0 saturated carbocycles. The maximum absolute atomic E-state index is 12.4. The van der Waals surface area contributed by atoms with E-state index in [-0.39, 0.29) is 0 Å². The molecule has 1 aromatic rings. The lowest BCUT2D eigenvalue weighted by Crippen LogP contribution is -2.11. The molecule has 1 aromatic carbocycles. The second-order valence-electron chi connectivity index (χ2n) is 3.21. The van der Waals surface area contributed by atoms with E-state index in [0.29, 0.717) is 18.2 Å². The highest BCUT2D eigenvalue weighted by molar-refractivity contribution is 8.01. The van der Waals surface area contributed by atoms with E-state index in [1.165, 1.54) is 0 Å². The molecule has 0 aliphatic carbocycles. The number of rotatable bonds is 3. The monoisotopic (exact) mass is 305 g/mol. The molecule has 10 heteroatoms. The maximum Gasteiger partial charge on any atom is 0.461 e. The van der Waals surface area contributed by atoms with E-state index in [1.807, 2.05) is 0 Å². The van der Waals surface area contributed by atoms with Crippen LogP contribution < -0.4 is 4.72 Å². The predicted molar refractivity (Wildman–Crippen MR) is 55.7 cm³/mol. The number of carboxylic acids is 1. The minimum atomic E-state index is -4.78. The lowest BCUT2D eigenvalue weighted by Gasteiger charge is -2.13. The second kappa shape index (κ2) is 5.19. The van der Waals surface area contributed by atoms with E-state index in [1.54, 1.807) is 4.72 Å². The molecular weight excluding hydrogens is 300 g/mol. The molecular formula is C9H5F6NO2S. The van der Waals surface area contributed by atoms with Gasteiger partial charge in [-0.05, 0) is 18.2 Å². The van der Waals surface area contributed by atoms with Crippen molar-refractivity contribution in [3.8, 4) is 0 Å². The van der Waals surface area contributed by atoms with Crippen LogP contribution in [0.15, 0.2) is 18.2 Å². The van der Waals surface area contributed by atoms with Crippen LogP contribution in [0, 0.1) is 0 Å². The van der Waals surface area contributed by atoms with E-state index in [2.05, 4.69) is 0 Å². The van der Waals surface area contributed by atoms with E-state index < -0.39 is 46.4 Å². The zero-order chi connectivity index (χ0) is 14.8. The lowest BCUT2D eigenvalue weighted by molar-refractivity contribution is -0.137. The number of aromatic carboxylic acids is 1. The Morgan fingerprint density at radius 1 is 1.16 bits per heavy atom. The van der Waals surface area contributed by atoms with Crippen molar-refractivity contribution >= 4 is 23.6 Å². The van der Waals surface area contributed by atoms with Crippen LogP contribution in [0.5, 0.6) is 0 Å². The normalized spacial score (nSPS) is 12.3. The first-order valence-corrected chi connectivity index (χ1v) is 5.27. The molecule has 19 heavy (non-hydrogen) atoms. The van der Waals surface area contributed by atoms with Gasteiger partial charge in [0.1, 0.15) is 0 Å². The topological polar surface area (TPSA) is 49.3 Å². The summed E-state index contributed by atoms with van der Waals surface area (Å²) in [6.07, 6.45) is -4.78. The molecule has 1 rings (SSSR count). The molecule has 0 spiro atoms. The van der Waals surface area contributed by atoms with Gasteiger partial charge >= 0.3 is 17.7 Å². The molecule has 106 valence electrons. The van der Waals surface area contributed by atoms with Crippen molar-refractivity contribution in [3.05, 3.63) is 29.3 Å². The molecule has 0 atom stereocenters. The van der Waals surface area contributed by atoms with Gasteiger partial charge in [0.15, 0.2) is 0 Å². The van der Waals surface area contributed by atoms with Gasteiger partial charge in [0, 0.05) is 0 Å². The molecule has 2 N–H and O–H groups in total. The Hall–Kier alpha value is -1.58. The SMILES string of the molecule is O=C(O)c1ccc(C(F)(F)F)cc1NSC(F)(F)F. The smallest absolute Gasteiger partial charge is 0.461 e. The van der Waals surface area contributed by atoms with Gasteiger partial charge in [-0.2, -0.15) is 26.3 Å². The number of benzene rings is 1. The molecule has 0 fully saturated rings. The van der Waals surface area contributed by atoms with Gasteiger partial charge in [0.25, 0.3) is 0 Å². The van der Waals surface area contributed by atoms with Gasteiger partial charge in [0.2, 0.25) is 0 Å². The molecule has 3 nitrogen and oxygen atoms in total. The van der Waals surface area contributed by atoms with Gasteiger partial charge in [-0.25, -0.2) is 4.79 Å². The Morgan fingerprint density at radius 2 is 1.74 bits per heavy atom. The Morgan fingerprint density at radius 3 is 2.16 bits per heavy atom. The molecule has 0 heterocycles. The van der Waals surface area contributed by atoms with Gasteiger partial charge in [-0.15, -0.1) is 0 Å². The number of carboxylic acid groups (broad SMARTS) is 1. The quantitative estimate of drug-likeness (QED) is 0.655. The summed E-state index contributed by atoms with van der Waals surface area (Å²) >= 11 is -0.843. The summed E-state index contributed by atoms with van der Waals surface area (Å²) in [5.74, 6) is -1.64. The average Bonchev–Trinajstić information content (AvgIpc) is 2.23. The highest BCUT2D eigenvalue weighted by Crippen LogP contribution is 2.36. The number of alkyl halides is 6. The van der Waals surface area contributed by atoms with Gasteiger partial charge in [-0.3, -0.25) is 0 Å². The average molecular weight is 305 g/mol. The summed E-state index contributed by atoms with van der Waals surface area (Å²) in [6, 6.07) is 1.37. The zero-order valence-corrected chi connectivity index (χ0v) is 9.58. The van der Waals surface area contributed by atoms with Crippen LogP contribution in [0.1, 0.15) is 15.9 Å². The maximum atomic E-state index is 12.4. The van der Waals surface area contributed by atoms with Crippen LogP contribution in [0.25, 0.3) is 0 Å². The first-order valence-electron chi connectivity index (χ1n) is 4.46.